The monoisotopic (exact) mass is 161 g/mol. The molecule has 1 saturated heterocycles. The van der Waals surface area contributed by atoms with Gasteiger partial charge in [0.1, 0.15) is 0 Å². The number of hydrogen-bond donors (Lipinski definition) is 1. The lowest BCUT2D eigenvalue weighted by Gasteiger charge is -2.51. The van der Waals surface area contributed by atoms with Crippen molar-refractivity contribution in [3.8, 4) is 0 Å². The minimum Gasteiger partial charge on any atom is -0.315 e. The van der Waals surface area contributed by atoms with Crippen LogP contribution < -0.4 is 5.32 Å². The molecule has 2 rings (SSSR count). The van der Waals surface area contributed by atoms with Crippen LogP contribution in [0, 0.1) is 10.8 Å². The first-order valence-corrected chi connectivity index (χ1v) is 4.11. The fraction of sp³-hybridized carbons (Fsp3) is 1.00. The molecule has 64 valence electrons. The van der Waals surface area contributed by atoms with Crippen LogP contribution in [-0.2, 0) is 0 Å². The summed E-state index contributed by atoms with van der Waals surface area (Å²) >= 11 is 0. The molecule has 1 aliphatic heterocycles. The molecule has 0 aromatic rings. The van der Waals surface area contributed by atoms with Gasteiger partial charge in [-0.25, -0.2) is 0 Å². The normalized spacial score (nSPS) is 48.5. The molecule has 0 spiro atoms. The summed E-state index contributed by atoms with van der Waals surface area (Å²) in [5, 5.41) is 3.09. The summed E-state index contributed by atoms with van der Waals surface area (Å²) in [7, 11) is 0. The number of alkyl halides is 2. The van der Waals surface area contributed by atoms with Gasteiger partial charge in [-0.2, -0.15) is 0 Å². The van der Waals surface area contributed by atoms with Gasteiger partial charge in [0.2, 0.25) is 0 Å². The molecule has 2 atom stereocenters. The molecule has 2 fully saturated rings. The molecule has 0 radical (unpaired) electrons. The Kier molecular flexibility index (Phi) is 1.46. The first-order chi connectivity index (χ1) is 5.29. The Labute approximate surface area is 65.2 Å². The first-order valence-electron chi connectivity index (χ1n) is 4.11. The molecule has 1 nitrogen and oxygen atoms in total. The Hall–Kier alpha value is -0.180. The summed E-state index contributed by atoms with van der Waals surface area (Å²) in [6.45, 7) is 0.634. The molecule has 3 heteroatoms. The lowest BCUT2D eigenvalue weighted by molar-refractivity contribution is -0.0653. The summed E-state index contributed by atoms with van der Waals surface area (Å²) in [6, 6.07) is 0. The molecule has 0 amide bonds. The number of nitrogens with one attached hydrogen (secondary N) is 1. The van der Waals surface area contributed by atoms with Crippen molar-refractivity contribution in [3.63, 3.8) is 0 Å². The maximum atomic E-state index is 12.6. The van der Waals surface area contributed by atoms with Gasteiger partial charge < -0.3 is 5.32 Å². The highest BCUT2D eigenvalue weighted by atomic mass is 19.1. The van der Waals surface area contributed by atoms with Gasteiger partial charge in [0.25, 0.3) is 0 Å². The third kappa shape index (κ3) is 0.675. The summed E-state index contributed by atoms with van der Waals surface area (Å²) in [5.74, 6) is 0. The minimum absolute atomic E-state index is 0.332. The van der Waals surface area contributed by atoms with Crippen molar-refractivity contribution in [2.24, 2.45) is 10.8 Å². The van der Waals surface area contributed by atoms with Crippen LogP contribution >= 0.6 is 0 Å². The highest BCUT2D eigenvalue weighted by molar-refractivity contribution is 5.12. The maximum Gasteiger partial charge on any atom is 0.0969 e. The van der Waals surface area contributed by atoms with Crippen molar-refractivity contribution in [3.05, 3.63) is 0 Å². The fourth-order valence-electron chi connectivity index (χ4n) is 2.44. The van der Waals surface area contributed by atoms with Gasteiger partial charge in [-0.1, -0.05) is 0 Å². The Morgan fingerprint density at radius 2 is 1.45 bits per heavy atom. The molecule has 1 heterocycles. The van der Waals surface area contributed by atoms with Gasteiger partial charge >= 0.3 is 0 Å². The zero-order chi connectivity index (χ0) is 7.95. The first kappa shape index (κ1) is 7.47. The van der Waals surface area contributed by atoms with E-state index < -0.39 is 0 Å². The van der Waals surface area contributed by atoms with Gasteiger partial charge in [-0.3, -0.25) is 8.78 Å². The average Bonchev–Trinajstić information content (AvgIpc) is 2.26. The van der Waals surface area contributed by atoms with Crippen molar-refractivity contribution in [2.45, 2.75) is 12.8 Å². The molecular weight excluding hydrogens is 148 g/mol. The van der Waals surface area contributed by atoms with E-state index in [1.807, 2.05) is 0 Å². The smallest absolute Gasteiger partial charge is 0.0969 e. The Morgan fingerprint density at radius 1 is 1.00 bits per heavy atom. The lowest BCUT2D eigenvalue weighted by atomic mass is 9.52. The van der Waals surface area contributed by atoms with E-state index in [1.165, 1.54) is 0 Å². The van der Waals surface area contributed by atoms with Crippen LogP contribution in [0.5, 0.6) is 0 Å². The maximum absolute atomic E-state index is 12.6. The third-order valence-electron chi connectivity index (χ3n) is 3.65. The lowest BCUT2D eigenvalue weighted by Crippen LogP contribution is -2.53. The minimum atomic E-state index is -0.357. The van der Waals surface area contributed by atoms with Crippen LogP contribution in [-0.4, -0.2) is 26.4 Å². The van der Waals surface area contributed by atoms with E-state index in [9.17, 15) is 8.78 Å². The summed E-state index contributed by atoms with van der Waals surface area (Å²) in [4.78, 5) is 0. The topological polar surface area (TPSA) is 12.0 Å². The Morgan fingerprint density at radius 3 is 1.73 bits per heavy atom. The van der Waals surface area contributed by atoms with Crippen LogP contribution in [0.25, 0.3) is 0 Å². The van der Waals surface area contributed by atoms with Crippen LogP contribution in [0.15, 0.2) is 0 Å². The third-order valence-corrected chi connectivity index (χ3v) is 3.65. The SMILES string of the molecule is FCC12CCC1(CF)CNC2. The molecule has 2 unspecified atom stereocenters. The largest absolute Gasteiger partial charge is 0.315 e. The molecule has 0 bridgehead atoms. The van der Waals surface area contributed by atoms with E-state index in [0.29, 0.717) is 13.1 Å². The van der Waals surface area contributed by atoms with Crippen LogP contribution in [0.1, 0.15) is 12.8 Å². The van der Waals surface area contributed by atoms with E-state index in [4.69, 9.17) is 0 Å². The van der Waals surface area contributed by atoms with E-state index >= 15 is 0 Å². The number of rotatable bonds is 2. The van der Waals surface area contributed by atoms with Crippen LogP contribution in [0.4, 0.5) is 8.78 Å². The zero-order valence-electron chi connectivity index (χ0n) is 6.50. The van der Waals surface area contributed by atoms with Crippen molar-refractivity contribution in [2.75, 3.05) is 26.4 Å². The highest BCUT2D eigenvalue weighted by Crippen LogP contribution is 2.59. The van der Waals surface area contributed by atoms with E-state index in [0.717, 1.165) is 12.8 Å². The average molecular weight is 161 g/mol. The molecule has 1 saturated carbocycles. The molecule has 0 aromatic carbocycles. The standard InChI is InChI=1S/C8H13F2N/c9-3-7-1-2-8(7,4-10)6-11-5-7/h11H,1-6H2. The van der Waals surface area contributed by atoms with Crippen LogP contribution in [0.2, 0.25) is 0 Å². The van der Waals surface area contributed by atoms with Crippen molar-refractivity contribution < 1.29 is 8.78 Å². The zero-order valence-corrected chi connectivity index (χ0v) is 6.50. The van der Waals surface area contributed by atoms with Gasteiger partial charge in [0, 0.05) is 23.9 Å². The number of halogens is 2. The van der Waals surface area contributed by atoms with E-state index in [2.05, 4.69) is 5.32 Å². The number of fused-ring (bicyclic) bond motifs is 1. The second-order valence-corrected chi connectivity index (χ2v) is 3.93. The molecule has 1 aliphatic carbocycles. The molecule has 0 aromatic heterocycles. The summed E-state index contributed by atoms with van der Waals surface area (Å²) in [6.07, 6.45) is 1.72. The Balaban J connectivity index is 2.21. The molecular formula is C8H13F2N. The second kappa shape index (κ2) is 2.16. The highest BCUT2D eigenvalue weighted by Gasteiger charge is 2.61. The predicted molar refractivity (Wildman–Crippen MR) is 38.9 cm³/mol. The predicted octanol–water partition coefficient (Wildman–Crippen LogP) is 1.30. The second-order valence-electron chi connectivity index (χ2n) is 3.93. The van der Waals surface area contributed by atoms with Gasteiger partial charge in [-0.05, 0) is 12.8 Å². The Bertz CT molecular complexity index is 147. The van der Waals surface area contributed by atoms with Gasteiger partial charge in [-0.15, -0.1) is 0 Å². The molecule has 11 heavy (non-hydrogen) atoms. The molecule has 1 N–H and O–H groups in total. The quantitative estimate of drug-likeness (QED) is 0.643. The fourth-order valence-corrected chi connectivity index (χ4v) is 2.44. The van der Waals surface area contributed by atoms with Gasteiger partial charge in [0.15, 0.2) is 0 Å². The van der Waals surface area contributed by atoms with Crippen LogP contribution in [0.3, 0.4) is 0 Å². The summed E-state index contributed by atoms with van der Waals surface area (Å²) < 4.78 is 25.2. The van der Waals surface area contributed by atoms with E-state index in [-0.39, 0.29) is 24.2 Å². The molecule has 2 aliphatic rings. The van der Waals surface area contributed by atoms with Crippen molar-refractivity contribution in [1.82, 2.24) is 5.32 Å². The van der Waals surface area contributed by atoms with Gasteiger partial charge in [0.05, 0.1) is 13.3 Å². The van der Waals surface area contributed by atoms with E-state index in [1.54, 1.807) is 0 Å². The number of hydrogen-bond acceptors (Lipinski definition) is 1. The summed E-state index contributed by atoms with van der Waals surface area (Å²) in [5.41, 5.74) is -0.663. The van der Waals surface area contributed by atoms with Crippen molar-refractivity contribution in [1.29, 1.82) is 0 Å². The van der Waals surface area contributed by atoms with Crippen molar-refractivity contribution >= 4 is 0 Å².